The third-order valence-corrected chi connectivity index (χ3v) is 1.69. The van der Waals surface area contributed by atoms with Crippen molar-refractivity contribution in [3.05, 3.63) is 24.0 Å². The lowest BCUT2D eigenvalue weighted by Crippen LogP contribution is -1.96. The molecule has 0 fully saturated rings. The number of aromatic nitrogens is 2. The van der Waals surface area contributed by atoms with E-state index < -0.39 is 0 Å². The van der Waals surface area contributed by atoms with Crippen molar-refractivity contribution in [3.8, 4) is 6.01 Å². The van der Waals surface area contributed by atoms with Gasteiger partial charge in [-0.05, 0) is 6.92 Å². The van der Waals surface area contributed by atoms with E-state index in [1.54, 1.807) is 12.4 Å². The van der Waals surface area contributed by atoms with Gasteiger partial charge in [0.1, 0.15) is 0 Å². The summed E-state index contributed by atoms with van der Waals surface area (Å²) in [7, 11) is 0. The monoisotopic (exact) mass is 242 g/mol. The molecule has 0 radical (unpaired) electrons. The SMILES string of the molecule is CCOc1ncc(C=CCBr)cn1. The Hall–Kier alpha value is -0.900. The van der Waals surface area contributed by atoms with Gasteiger partial charge in [0.2, 0.25) is 0 Å². The summed E-state index contributed by atoms with van der Waals surface area (Å²) in [6.45, 7) is 2.50. The lowest BCUT2D eigenvalue weighted by atomic mass is 10.3. The van der Waals surface area contributed by atoms with Crippen LogP contribution < -0.4 is 4.74 Å². The van der Waals surface area contributed by atoms with E-state index in [0.717, 1.165) is 10.9 Å². The maximum Gasteiger partial charge on any atom is 0.316 e. The van der Waals surface area contributed by atoms with Gasteiger partial charge in [-0.25, -0.2) is 9.97 Å². The second-order valence-corrected chi connectivity index (χ2v) is 2.94. The first kappa shape index (κ1) is 10.2. The zero-order chi connectivity index (χ0) is 9.52. The molecule has 0 saturated carbocycles. The van der Waals surface area contributed by atoms with Gasteiger partial charge in [0.05, 0.1) is 6.61 Å². The molecule has 0 N–H and O–H groups in total. The Bertz CT molecular complexity index is 271. The zero-order valence-corrected chi connectivity index (χ0v) is 8.99. The van der Waals surface area contributed by atoms with Gasteiger partial charge in [-0.15, -0.1) is 0 Å². The normalized spacial score (nSPS) is 10.6. The van der Waals surface area contributed by atoms with Crippen LogP contribution in [0.3, 0.4) is 0 Å². The molecule has 0 atom stereocenters. The van der Waals surface area contributed by atoms with Crippen molar-refractivity contribution >= 4 is 22.0 Å². The fourth-order valence-corrected chi connectivity index (χ4v) is 0.983. The number of ether oxygens (including phenoxy) is 1. The Morgan fingerprint density at radius 2 is 2.15 bits per heavy atom. The molecule has 0 saturated heterocycles. The van der Waals surface area contributed by atoms with Crippen LogP contribution in [0.1, 0.15) is 12.5 Å². The zero-order valence-electron chi connectivity index (χ0n) is 7.40. The smallest absolute Gasteiger partial charge is 0.316 e. The second-order valence-electron chi connectivity index (χ2n) is 2.29. The highest BCUT2D eigenvalue weighted by atomic mass is 79.9. The summed E-state index contributed by atoms with van der Waals surface area (Å²) in [6.07, 6.45) is 7.40. The van der Waals surface area contributed by atoms with E-state index in [0.29, 0.717) is 12.6 Å². The summed E-state index contributed by atoms with van der Waals surface area (Å²) in [4.78, 5) is 8.04. The van der Waals surface area contributed by atoms with E-state index in [-0.39, 0.29) is 0 Å². The van der Waals surface area contributed by atoms with E-state index in [2.05, 4.69) is 25.9 Å². The summed E-state index contributed by atoms with van der Waals surface area (Å²) < 4.78 is 5.11. The molecule has 70 valence electrons. The van der Waals surface area contributed by atoms with Gasteiger partial charge in [0.25, 0.3) is 0 Å². The summed E-state index contributed by atoms with van der Waals surface area (Å²) in [5.41, 5.74) is 0.975. The molecule has 0 aliphatic heterocycles. The maximum absolute atomic E-state index is 5.11. The molecule has 0 aromatic carbocycles. The number of allylic oxidation sites excluding steroid dienone is 1. The van der Waals surface area contributed by atoms with Crippen LogP contribution in [0.5, 0.6) is 6.01 Å². The first-order valence-corrected chi connectivity index (χ1v) is 5.16. The minimum atomic E-state index is 0.429. The first-order chi connectivity index (χ1) is 6.36. The van der Waals surface area contributed by atoms with Crippen LogP contribution in [0.25, 0.3) is 6.08 Å². The number of alkyl halides is 1. The van der Waals surface area contributed by atoms with Crippen molar-refractivity contribution in [2.24, 2.45) is 0 Å². The van der Waals surface area contributed by atoms with Gasteiger partial charge in [0, 0.05) is 23.3 Å². The van der Waals surface area contributed by atoms with Crippen LogP contribution in [0, 0.1) is 0 Å². The summed E-state index contributed by atoms with van der Waals surface area (Å²) in [5.74, 6) is 0. The van der Waals surface area contributed by atoms with Crippen molar-refractivity contribution in [2.45, 2.75) is 6.92 Å². The summed E-state index contributed by atoms with van der Waals surface area (Å²) in [5, 5.41) is 0.834. The Morgan fingerprint density at radius 1 is 1.46 bits per heavy atom. The van der Waals surface area contributed by atoms with Gasteiger partial charge in [-0.2, -0.15) is 0 Å². The molecule has 1 aromatic rings. The molecular formula is C9H11BrN2O. The van der Waals surface area contributed by atoms with Crippen molar-refractivity contribution in [3.63, 3.8) is 0 Å². The number of halogens is 1. The highest BCUT2D eigenvalue weighted by molar-refractivity contribution is 9.09. The molecule has 1 heterocycles. The Balaban J connectivity index is 2.64. The molecular weight excluding hydrogens is 232 g/mol. The van der Waals surface area contributed by atoms with Crippen LogP contribution in [0.2, 0.25) is 0 Å². The fraction of sp³-hybridized carbons (Fsp3) is 0.333. The molecule has 1 rings (SSSR count). The lowest BCUT2D eigenvalue weighted by molar-refractivity contribution is 0.312. The van der Waals surface area contributed by atoms with Crippen molar-refractivity contribution in [1.29, 1.82) is 0 Å². The van der Waals surface area contributed by atoms with Gasteiger partial charge in [-0.3, -0.25) is 0 Å². The van der Waals surface area contributed by atoms with Crippen LogP contribution in [0.4, 0.5) is 0 Å². The van der Waals surface area contributed by atoms with Gasteiger partial charge < -0.3 is 4.74 Å². The van der Waals surface area contributed by atoms with E-state index in [9.17, 15) is 0 Å². The number of hydrogen-bond donors (Lipinski definition) is 0. The third-order valence-electron chi connectivity index (χ3n) is 1.32. The molecule has 0 amide bonds. The van der Waals surface area contributed by atoms with Crippen molar-refractivity contribution in [1.82, 2.24) is 9.97 Å². The van der Waals surface area contributed by atoms with E-state index in [1.165, 1.54) is 0 Å². The lowest BCUT2D eigenvalue weighted by Gasteiger charge is -1.99. The van der Waals surface area contributed by atoms with Gasteiger partial charge >= 0.3 is 6.01 Å². The average Bonchev–Trinajstić information content (AvgIpc) is 2.17. The average molecular weight is 243 g/mol. The third kappa shape index (κ3) is 3.55. The topological polar surface area (TPSA) is 35.0 Å². The Labute approximate surface area is 86.0 Å². The van der Waals surface area contributed by atoms with E-state index in [4.69, 9.17) is 4.74 Å². The largest absolute Gasteiger partial charge is 0.464 e. The minimum absolute atomic E-state index is 0.429. The standard InChI is InChI=1S/C9H11BrN2O/c1-2-13-9-11-6-8(7-12-9)4-3-5-10/h3-4,6-7H,2,5H2,1H3. The van der Waals surface area contributed by atoms with E-state index >= 15 is 0 Å². The van der Waals surface area contributed by atoms with Gasteiger partial charge in [0.15, 0.2) is 0 Å². The quantitative estimate of drug-likeness (QED) is 0.761. The molecule has 0 spiro atoms. The molecule has 0 aliphatic carbocycles. The molecule has 3 nitrogen and oxygen atoms in total. The summed E-state index contributed by atoms with van der Waals surface area (Å²) in [6, 6.07) is 0.429. The first-order valence-electron chi connectivity index (χ1n) is 4.04. The molecule has 0 aliphatic rings. The Morgan fingerprint density at radius 3 is 2.69 bits per heavy atom. The molecule has 1 aromatic heterocycles. The molecule has 4 heteroatoms. The predicted octanol–water partition coefficient (Wildman–Crippen LogP) is 2.28. The van der Waals surface area contributed by atoms with Crippen LogP contribution in [-0.2, 0) is 0 Å². The Kier molecular flexibility index (Phi) is 4.46. The highest BCUT2D eigenvalue weighted by Gasteiger charge is 1.93. The van der Waals surface area contributed by atoms with Crippen LogP contribution in [0.15, 0.2) is 18.5 Å². The minimum Gasteiger partial charge on any atom is -0.464 e. The van der Waals surface area contributed by atoms with Crippen LogP contribution >= 0.6 is 15.9 Å². The fourth-order valence-electron chi connectivity index (χ4n) is 0.797. The van der Waals surface area contributed by atoms with Crippen molar-refractivity contribution < 1.29 is 4.74 Å². The van der Waals surface area contributed by atoms with E-state index in [1.807, 2.05) is 19.1 Å². The number of rotatable bonds is 4. The maximum atomic E-state index is 5.11. The number of nitrogens with zero attached hydrogens (tertiary/aromatic N) is 2. The molecule has 0 bridgehead atoms. The molecule has 13 heavy (non-hydrogen) atoms. The number of hydrogen-bond acceptors (Lipinski definition) is 3. The summed E-state index contributed by atoms with van der Waals surface area (Å²) >= 11 is 3.29. The van der Waals surface area contributed by atoms with Gasteiger partial charge in [-0.1, -0.05) is 28.1 Å². The molecule has 0 unspecified atom stereocenters. The predicted molar refractivity (Wildman–Crippen MR) is 56.0 cm³/mol. The van der Waals surface area contributed by atoms with Crippen molar-refractivity contribution in [2.75, 3.05) is 11.9 Å². The van der Waals surface area contributed by atoms with Crippen LogP contribution in [-0.4, -0.2) is 21.9 Å². The second kappa shape index (κ2) is 5.70. The highest BCUT2D eigenvalue weighted by Crippen LogP contribution is 2.04.